The minimum absolute atomic E-state index is 0.0216. The van der Waals surface area contributed by atoms with Crippen LogP contribution in [-0.2, 0) is 14.0 Å². The molecule has 0 unspecified atom stereocenters. The third-order valence-electron chi connectivity index (χ3n) is 6.00. The quantitative estimate of drug-likeness (QED) is 0.164. The van der Waals surface area contributed by atoms with Crippen molar-refractivity contribution in [2.75, 3.05) is 6.61 Å². The van der Waals surface area contributed by atoms with Gasteiger partial charge < -0.3 is 9.16 Å². The molecule has 4 heteroatoms. The molecule has 0 radical (unpaired) electrons. The van der Waals surface area contributed by atoms with Crippen LogP contribution in [-0.4, -0.2) is 27.0 Å². The third kappa shape index (κ3) is 9.00. The molecule has 0 fully saturated rings. The number of ether oxygens (including phenoxy) is 1. The van der Waals surface area contributed by atoms with Gasteiger partial charge in [-0.1, -0.05) is 95.3 Å². The summed E-state index contributed by atoms with van der Waals surface area (Å²) in [6.07, 6.45) is 10.4. The van der Waals surface area contributed by atoms with Crippen molar-refractivity contribution in [3.05, 3.63) is 65.8 Å². The van der Waals surface area contributed by atoms with Crippen molar-refractivity contribution in [2.45, 2.75) is 72.7 Å². The molecule has 0 aromatic heterocycles. The number of benzene rings is 1. The van der Waals surface area contributed by atoms with Crippen molar-refractivity contribution in [3.63, 3.8) is 0 Å². The number of allylic oxidation sites excluding steroid dienone is 2. The second-order valence-corrected chi connectivity index (χ2v) is 14.5. The lowest BCUT2D eigenvalue weighted by Crippen LogP contribution is -2.47. The SMILES string of the molecule is CCOC(=O)/C(C)=C\[C@H](C)[C@@H](O[Si](C)(C)C(C)(C)C)[C@@H](C)/C=C/C=C/c1ccccc1. The predicted molar refractivity (Wildman–Crippen MR) is 135 cm³/mol. The molecule has 0 saturated carbocycles. The van der Waals surface area contributed by atoms with Crippen LogP contribution in [0.5, 0.6) is 0 Å². The van der Waals surface area contributed by atoms with Gasteiger partial charge in [-0.05, 0) is 43.5 Å². The third-order valence-corrected chi connectivity index (χ3v) is 10.5. The molecule has 0 spiro atoms. The van der Waals surface area contributed by atoms with Crippen molar-refractivity contribution in [2.24, 2.45) is 11.8 Å². The fraction of sp³-hybridized carbons (Fsp3) is 0.519. The highest BCUT2D eigenvalue weighted by Gasteiger charge is 2.41. The Morgan fingerprint density at radius 3 is 2.23 bits per heavy atom. The molecule has 1 aromatic rings. The van der Waals surface area contributed by atoms with Crippen LogP contribution in [0.25, 0.3) is 6.08 Å². The average Bonchev–Trinajstić information content (AvgIpc) is 2.69. The Morgan fingerprint density at radius 2 is 1.68 bits per heavy atom. The van der Waals surface area contributed by atoms with Gasteiger partial charge in [0, 0.05) is 11.5 Å². The van der Waals surface area contributed by atoms with Gasteiger partial charge in [-0.3, -0.25) is 0 Å². The highest BCUT2D eigenvalue weighted by atomic mass is 28.4. The van der Waals surface area contributed by atoms with E-state index in [2.05, 4.69) is 84.1 Å². The number of esters is 1. The van der Waals surface area contributed by atoms with Crippen LogP contribution in [0.15, 0.2) is 60.2 Å². The smallest absolute Gasteiger partial charge is 0.333 e. The monoisotopic (exact) mass is 442 g/mol. The maximum Gasteiger partial charge on any atom is 0.333 e. The molecule has 1 rings (SSSR count). The second-order valence-electron chi connectivity index (χ2n) is 9.79. The fourth-order valence-corrected chi connectivity index (χ4v) is 4.56. The van der Waals surface area contributed by atoms with Gasteiger partial charge in [-0.2, -0.15) is 0 Å². The first-order valence-electron chi connectivity index (χ1n) is 11.3. The van der Waals surface area contributed by atoms with Crippen LogP contribution in [0.4, 0.5) is 0 Å². The van der Waals surface area contributed by atoms with Gasteiger partial charge in [0.05, 0.1) is 12.7 Å². The highest BCUT2D eigenvalue weighted by molar-refractivity contribution is 6.74. The molecule has 0 aliphatic heterocycles. The van der Waals surface area contributed by atoms with E-state index in [9.17, 15) is 4.79 Å². The van der Waals surface area contributed by atoms with Crippen molar-refractivity contribution >= 4 is 20.4 Å². The zero-order chi connectivity index (χ0) is 23.7. The number of rotatable bonds is 10. The highest BCUT2D eigenvalue weighted by Crippen LogP contribution is 2.39. The second kappa shape index (κ2) is 12.2. The van der Waals surface area contributed by atoms with E-state index in [0.717, 1.165) is 0 Å². The molecule has 0 heterocycles. The van der Waals surface area contributed by atoms with E-state index in [4.69, 9.17) is 9.16 Å². The zero-order valence-electron chi connectivity index (χ0n) is 20.9. The Morgan fingerprint density at radius 1 is 1.06 bits per heavy atom. The Hall–Kier alpha value is -1.91. The van der Waals surface area contributed by atoms with E-state index >= 15 is 0 Å². The molecular weight excluding hydrogens is 400 g/mol. The molecule has 3 nitrogen and oxygen atoms in total. The van der Waals surface area contributed by atoms with Crippen molar-refractivity contribution < 1.29 is 14.0 Å². The van der Waals surface area contributed by atoms with Crippen LogP contribution in [0.1, 0.15) is 54.0 Å². The van der Waals surface area contributed by atoms with Gasteiger partial charge >= 0.3 is 5.97 Å². The number of carbonyl (C=O) groups excluding carboxylic acids is 1. The minimum Gasteiger partial charge on any atom is -0.463 e. The molecule has 31 heavy (non-hydrogen) atoms. The molecule has 0 aliphatic carbocycles. The Labute approximate surface area is 191 Å². The Bertz CT molecular complexity index is 769. The summed E-state index contributed by atoms with van der Waals surface area (Å²) in [4.78, 5) is 12.1. The van der Waals surface area contributed by atoms with Crippen LogP contribution in [0.2, 0.25) is 18.1 Å². The Balaban J connectivity index is 3.07. The molecule has 0 saturated heterocycles. The molecule has 3 atom stereocenters. The van der Waals surface area contributed by atoms with E-state index in [1.807, 2.05) is 38.1 Å². The summed E-state index contributed by atoms with van der Waals surface area (Å²) in [5.74, 6) is 0.0153. The van der Waals surface area contributed by atoms with Crippen LogP contribution in [0, 0.1) is 11.8 Å². The molecule has 172 valence electrons. The van der Waals surface area contributed by atoms with E-state index in [-0.39, 0.29) is 28.9 Å². The number of carbonyl (C=O) groups is 1. The lowest BCUT2D eigenvalue weighted by Gasteiger charge is -2.42. The lowest BCUT2D eigenvalue weighted by atomic mass is 9.91. The van der Waals surface area contributed by atoms with E-state index in [1.54, 1.807) is 0 Å². The summed E-state index contributed by atoms with van der Waals surface area (Å²) in [6.45, 7) is 19.7. The van der Waals surface area contributed by atoms with E-state index < -0.39 is 8.32 Å². The zero-order valence-corrected chi connectivity index (χ0v) is 21.9. The number of hydrogen-bond acceptors (Lipinski definition) is 3. The van der Waals surface area contributed by atoms with E-state index in [0.29, 0.717) is 12.2 Å². The van der Waals surface area contributed by atoms with Gasteiger partial charge in [0.1, 0.15) is 0 Å². The van der Waals surface area contributed by atoms with Crippen LogP contribution in [0.3, 0.4) is 0 Å². The average molecular weight is 443 g/mol. The van der Waals surface area contributed by atoms with Gasteiger partial charge in [0.25, 0.3) is 0 Å². The summed E-state index contributed by atoms with van der Waals surface area (Å²) in [5, 5.41) is 0.113. The molecule has 0 amide bonds. The molecular formula is C27H42O3Si. The molecule has 0 bridgehead atoms. The van der Waals surface area contributed by atoms with Crippen molar-refractivity contribution in [1.82, 2.24) is 0 Å². The van der Waals surface area contributed by atoms with Gasteiger partial charge in [0.2, 0.25) is 0 Å². The summed E-state index contributed by atoms with van der Waals surface area (Å²) in [7, 11) is -1.98. The Kier molecular flexibility index (Phi) is 10.7. The summed E-state index contributed by atoms with van der Waals surface area (Å²) >= 11 is 0. The van der Waals surface area contributed by atoms with Crippen molar-refractivity contribution in [3.8, 4) is 0 Å². The summed E-state index contributed by atoms with van der Waals surface area (Å²) in [6, 6.07) is 10.3. The topological polar surface area (TPSA) is 35.5 Å². The predicted octanol–water partition coefficient (Wildman–Crippen LogP) is 7.43. The maximum atomic E-state index is 12.1. The molecule has 1 aromatic carbocycles. The molecule has 0 aliphatic rings. The van der Waals surface area contributed by atoms with Gasteiger partial charge in [0.15, 0.2) is 8.32 Å². The fourth-order valence-electron chi connectivity index (χ4n) is 3.09. The summed E-state index contributed by atoms with van der Waals surface area (Å²) < 4.78 is 12.0. The van der Waals surface area contributed by atoms with Crippen molar-refractivity contribution in [1.29, 1.82) is 0 Å². The van der Waals surface area contributed by atoms with Gasteiger partial charge in [-0.25, -0.2) is 4.79 Å². The first kappa shape index (κ1) is 27.1. The normalized spacial score (nSPS) is 16.5. The summed E-state index contributed by atoms with van der Waals surface area (Å²) in [5.41, 5.74) is 1.81. The van der Waals surface area contributed by atoms with Gasteiger partial charge in [-0.15, -0.1) is 0 Å². The first-order chi connectivity index (χ1) is 14.4. The van der Waals surface area contributed by atoms with E-state index in [1.165, 1.54) is 5.56 Å². The minimum atomic E-state index is -1.98. The molecule has 0 N–H and O–H groups in total. The number of hydrogen-bond donors (Lipinski definition) is 0. The maximum absolute atomic E-state index is 12.1. The van der Waals surface area contributed by atoms with Crippen LogP contribution < -0.4 is 0 Å². The largest absolute Gasteiger partial charge is 0.463 e. The first-order valence-corrected chi connectivity index (χ1v) is 14.2. The van der Waals surface area contributed by atoms with Crippen LogP contribution >= 0.6 is 0 Å². The lowest BCUT2D eigenvalue weighted by molar-refractivity contribution is -0.138. The standard InChI is InChI=1S/C27H42O3Si/c1-10-29-26(28)23(4)20-22(3)25(30-31(8,9)27(5,6)7)21(2)16-14-15-19-24-17-12-11-13-18-24/h11-22,25H,10H2,1-9H3/b16-14+,19-15+,23-20-/t21-,22-,25-/m0/s1.